The van der Waals surface area contributed by atoms with E-state index >= 15 is 0 Å². The Morgan fingerprint density at radius 1 is 1.50 bits per heavy atom. The number of carbonyl (C=O) groups is 1. The van der Waals surface area contributed by atoms with E-state index in [0.717, 1.165) is 5.56 Å². The highest BCUT2D eigenvalue weighted by atomic mass is 16.2. The summed E-state index contributed by atoms with van der Waals surface area (Å²) in [5.74, 6) is 2.16. The Morgan fingerprint density at radius 2 is 2.12 bits per heavy atom. The molecule has 3 N–H and O–H groups in total. The maximum Gasteiger partial charge on any atom is 0.238 e. The maximum atomic E-state index is 11.6. The summed E-state index contributed by atoms with van der Waals surface area (Å²) in [7, 11) is 0. The molecule has 1 amide bonds. The predicted octanol–water partition coefficient (Wildman–Crippen LogP) is 1.21. The first kappa shape index (κ1) is 12.3. The van der Waals surface area contributed by atoms with Gasteiger partial charge in [0.15, 0.2) is 0 Å². The van der Waals surface area contributed by atoms with Crippen LogP contribution >= 0.6 is 0 Å². The van der Waals surface area contributed by atoms with Gasteiger partial charge >= 0.3 is 0 Å². The molecule has 0 spiro atoms. The average Bonchev–Trinajstić information content (AvgIpc) is 2.30. The molecule has 1 aromatic carbocycles. The molecule has 0 aliphatic rings. The molecule has 0 saturated heterocycles. The van der Waals surface area contributed by atoms with Gasteiger partial charge in [-0.1, -0.05) is 30.3 Å². The first-order valence-electron chi connectivity index (χ1n) is 5.19. The molecule has 0 aliphatic carbocycles. The van der Waals surface area contributed by atoms with E-state index in [4.69, 9.17) is 12.2 Å². The Hall–Kier alpha value is -1.79. The summed E-state index contributed by atoms with van der Waals surface area (Å²) in [5.41, 5.74) is 6.64. The molecule has 3 heteroatoms. The van der Waals surface area contributed by atoms with Crippen molar-refractivity contribution in [2.24, 2.45) is 5.73 Å². The summed E-state index contributed by atoms with van der Waals surface area (Å²) in [5, 5.41) is 2.82. The van der Waals surface area contributed by atoms with Gasteiger partial charge in [-0.2, -0.15) is 0 Å². The summed E-state index contributed by atoms with van der Waals surface area (Å²) >= 11 is 0. The average molecular weight is 216 g/mol. The summed E-state index contributed by atoms with van der Waals surface area (Å²) in [6.07, 6.45) is 5.36. The van der Waals surface area contributed by atoms with Crippen molar-refractivity contribution in [3.63, 3.8) is 0 Å². The number of carbonyl (C=O) groups excluding carboxylic acids is 1. The number of nitrogens with one attached hydrogen (secondary N) is 1. The second-order valence-corrected chi connectivity index (χ2v) is 3.66. The van der Waals surface area contributed by atoms with Gasteiger partial charge in [0.2, 0.25) is 5.91 Å². The van der Waals surface area contributed by atoms with Crippen molar-refractivity contribution in [1.82, 2.24) is 5.32 Å². The molecule has 1 rings (SSSR count). The smallest absolute Gasteiger partial charge is 0.238 e. The fourth-order valence-corrected chi connectivity index (χ4v) is 1.37. The molecule has 0 radical (unpaired) electrons. The number of nitrogens with two attached hydrogens (primary N) is 1. The molecular weight excluding hydrogens is 200 g/mol. The zero-order valence-electron chi connectivity index (χ0n) is 9.31. The third-order valence-electron chi connectivity index (χ3n) is 2.33. The molecule has 3 nitrogen and oxygen atoms in total. The Bertz CT molecular complexity index is 381. The van der Waals surface area contributed by atoms with Gasteiger partial charge in [-0.3, -0.25) is 4.79 Å². The number of rotatable bonds is 4. The van der Waals surface area contributed by atoms with E-state index in [-0.39, 0.29) is 18.4 Å². The molecule has 0 bridgehead atoms. The predicted molar refractivity (Wildman–Crippen MR) is 64.4 cm³/mol. The first-order valence-corrected chi connectivity index (χ1v) is 5.19. The van der Waals surface area contributed by atoms with Gasteiger partial charge in [0.1, 0.15) is 0 Å². The topological polar surface area (TPSA) is 55.1 Å². The van der Waals surface area contributed by atoms with Gasteiger partial charge in [0.05, 0.1) is 12.1 Å². The van der Waals surface area contributed by atoms with Crippen molar-refractivity contribution in [1.29, 1.82) is 0 Å². The van der Waals surface area contributed by atoms with Crippen LogP contribution in [0.25, 0.3) is 0 Å². The fourth-order valence-electron chi connectivity index (χ4n) is 1.37. The minimum Gasteiger partial charge on any atom is -0.348 e. The van der Waals surface area contributed by atoms with Crippen LogP contribution in [0.3, 0.4) is 0 Å². The van der Waals surface area contributed by atoms with Gasteiger partial charge in [0.25, 0.3) is 0 Å². The Morgan fingerprint density at radius 3 is 2.69 bits per heavy atom. The zero-order chi connectivity index (χ0) is 12.0. The molecule has 0 aromatic heterocycles. The van der Waals surface area contributed by atoms with E-state index in [2.05, 4.69) is 11.2 Å². The molecule has 0 saturated carbocycles. The minimum atomic E-state index is -0.629. The van der Waals surface area contributed by atoms with Crippen LogP contribution in [0.1, 0.15) is 24.9 Å². The van der Waals surface area contributed by atoms with Crippen molar-refractivity contribution in [3.05, 3.63) is 35.9 Å². The highest BCUT2D eigenvalue weighted by Crippen LogP contribution is 2.11. The number of benzene rings is 1. The monoisotopic (exact) mass is 216 g/mol. The normalized spacial score (nSPS) is 13.6. The van der Waals surface area contributed by atoms with Crippen molar-refractivity contribution in [2.45, 2.75) is 25.4 Å². The van der Waals surface area contributed by atoms with Crippen LogP contribution in [0.5, 0.6) is 0 Å². The minimum absolute atomic E-state index is 0.0578. The van der Waals surface area contributed by atoms with Crippen LogP contribution in [-0.2, 0) is 4.79 Å². The lowest BCUT2D eigenvalue weighted by molar-refractivity contribution is -0.122. The van der Waals surface area contributed by atoms with Crippen molar-refractivity contribution < 1.29 is 4.79 Å². The van der Waals surface area contributed by atoms with E-state index in [0.29, 0.717) is 0 Å². The summed E-state index contributed by atoms with van der Waals surface area (Å²) in [6.45, 7) is 1.91. The Balaban J connectivity index is 2.56. The quantitative estimate of drug-likeness (QED) is 0.743. The SMILES string of the molecule is C#CCC(N)C(=O)N[C@@H](C)c1ccccc1. The second kappa shape index (κ2) is 5.94. The van der Waals surface area contributed by atoms with Gasteiger partial charge < -0.3 is 11.1 Å². The lowest BCUT2D eigenvalue weighted by atomic mass is 10.1. The van der Waals surface area contributed by atoms with Crippen LogP contribution in [0.15, 0.2) is 30.3 Å². The highest BCUT2D eigenvalue weighted by molar-refractivity contribution is 5.82. The number of hydrogen-bond donors (Lipinski definition) is 2. The van der Waals surface area contributed by atoms with Gasteiger partial charge in [-0.25, -0.2) is 0 Å². The summed E-state index contributed by atoms with van der Waals surface area (Å²) in [4.78, 5) is 11.6. The van der Waals surface area contributed by atoms with Crippen LogP contribution in [0.2, 0.25) is 0 Å². The molecule has 0 aliphatic heterocycles. The third kappa shape index (κ3) is 3.41. The molecule has 16 heavy (non-hydrogen) atoms. The summed E-state index contributed by atoms with van der Waals surface area (Å²) < 4.78 is 0. The Kier molecular flexibility index (Phi) is 4.56. The molecule has 1 unspecified atom stereocenters. The van der Waals surface area contributed by atoms with Crippen LogP contribution < -0.4 is 11.1 Å². The highest BCUT2D eigenvalue weighted by Gasteiger charge is 2.15. The fraction of sp³-hybridized carbons (Fsp3) is 0.308. The lowest BCUT2D eigenvalue weighted by Gasteiger charge is -2.16. The molecule has 84 valence electrons. The number of terminal acetylenes is 1. The van der Waals surface area contributed by atoms with Crippen LogP contribution in [0.4, 0.5) is 0 Å². The second-order valence-electron chi connectivity index (χ2n) is 3.66. The standard InChI is InChI=1S/C13H16N2O/c1-3-7-12(14)13(16)15-10(2)11-8-5-4-6-9-11/h1,4-6,8-10,12H,7,14H2,2H3,(H,15,16)/t10-,12?/m0/s1. The van der Waals surface area contributed by atoms with E-state index < -0.39 is 6.04 Å². The zero-order valence-corrected chi connectivity index (χ0v) is 9.31. The van der Waals surface area contributed by atoms with E-state index in [1.807, 2.05) is 37.3 Å². The van der Waals surface area contributed by atoms with Crippen LogP contribution in [0, 0.1) is 12.3 Å². The Labute approximate surface area is 96.0 Å². The summed E-state index contributed by atoms with van der Waals surface area (Å²) in [6, 6.07) is 9.02. The molecule has 0 heterocycles. The number of hydrogen-bond acceptors (Lipinski definition) is 2. The molecular formula is C13H16N2O. The largest absolute Gasteiger partial charge is 0.348 e. The van der Waals surface area contributed by atoms with E-state index in [1.54, 1.807) is 0 Å². The van der Waals surface area contributed by atoms with Gasteiger partial charge in [0, 0.05) is 6.42 Å². The number of amides is 1. The van der Waals surface area contributed by atoms with Crippen molar-refractivity contribution in [3.8, 4) is 12.3 Å². The molecule has 0 fully saturated rings. The van der Waals surface area contributed by atoms with Gasteiger partial charge in [-0.15, -0.1) is 12.3 Å². The van der Waals surface area contributed by atoms with Crippen molar-refractivity contribution in [2.75, 3.05) is 0 Å². The third-order valence-corrected chi connectivity index (χ3v) is 2.33. The molecule has 2 atom stereocenters. The van der Waals surface area contributed by atoms with E-state index in [9.17, 15) is 4.79 Å². The lowest BCUT2D eigenvalue weighted by Crippen LogP contribution is -2.41. The van der Waals surface area contributed by atoms with Crippen molar-refractivity contribution >= 4 is 5.91 Å². The van der Waals surface area contributed by atoms with Crippen LogP contribution in [-0.4, -0.2) is 11.9 Å². The van der Waals surface area contributed by atoms with Gasteiger partial charge in [-0.05, 0) is 12.5 Å². The first-order chi connectivity index (χ1) is 7.65. The maximum absolute atomic E-state index is 11.6. The molecule has 1 aromatic rings. The van der Waals surface area contributed by atoms with E-state index in [1.165, 1.54) is 0 Å².